The molecule has 0 aliphatic rings. The molecule has 0 amide bonds. The molecule has 19 nitrogen and oxygen atoms in total. The Labute approximate surface area is 315 Å². The summed E-state index contributed by atoms with van der Waals surface area (Å²) in [4.78, 5) is 77.1. The molecular weight excluding hydrogens is 748 g/mol. The van der Waals surface area contributed by atoms with Crippen molar-refractivity contribution in [1.29, 1.82) is 0 Å². The van der Waals surface area contributed by atoms with E-state index in [9.17, 15) is 74.7 Å². The number of ether oxygens (including phenoxy) is 4. The molecular formula is C37H34O19. The van der Waals surface area contributed by atoms with Crippen LogP contribution in [0.15, 0.2) is 72.8 Å². The Hall–Kier alpha value is -7.54. The monoisotopic (exact) mass is 782 g/mol. The van der Waals surface area contributed by atoms with Crippen LogP contribution in [0.5, 0.6) is 34.5 Å². The van der Waals surface area contributed by atoms with E-state index in [1.807, 2.05) is 0 Å². The molecule has 5 atom stereocenters. The van der Waals surface area contributed by atoms with Crippen LogP contribution in [0.3, 0.4) is 0 Å². The van der Waals surface area contributed by atoms with Crippen LogP contribution in [0.25, 0.3) is 18.2 Å². The molecule has 3 aromatic carbocycles. The summed E-state index contributed by atoms with van der Waals surface area (Å²) < 4.78 is 20.4. The second-order valence-corrected chi connectivity index (χ2v) is 11.5. The zero-order chi connectivity index (χ0) is 41.7. The normalized spacial score (nSPS) is 14.0. The molecule has 0 fully saturated rings. The summed E-state index contributed by atoms with van der Waals surface area (Å²) in [6.07, 6.45) is -8.13. The lowest BCUT2D eigenvalue weighted by atomic mass is 10.0. The van der Waals surface area contributed by atoms with Crippen molar-refractivity contribution in [2.75, 3.05) is 0 Å². The van der Waals surface area contributed by atoms with Gasteiger partial charge in [-0.15, -0.1) is 0 Å². The highest BCUT2D eigenvalue weighted by Gasteiger charge is 2.50. The third kappa shape index (κ3) is 12.8. The first-order chi connectivity index (χ1) is 26.3. The molecule has 0 aliphatic heterocycles. The maximum atomic E-state index is 13.2. The molecule has 0 heterocycles. The smallest absolute Gasteiger partial charge is 0.349 e. The Kier molecular flexibility index (Phi) is 14.9. The number of aliphatic carboxylic acids is 2. The van der Waals surface area contributed by atoms with Crippen molar-refractivity contribution in [3.8, 4) is 34.5 Å². The van der Waals surface area contributed by atoms with Crippen molar-refractivity contribution < 1.29 is 93.7 Å². The van der Waals surface area contributed by atoms with Crippen molar-refractivity contribution >= 4 is 54.0 Å². The average Bonchev–Trinajstić information content (AvgIpc) is 3.12. The van der Waals surface area contributed by atoms with E-state index in [1.54, 1.807) is 0 Å². The molecule has 0 radical (unpaired) electrons. The first-order valence-electron chi connectivity index (χ1n) is 15.9. The van der Waals surface area contributed by atoms with Gasteiger partial charge in [-0.2, -0.15) is 0 Å². The Bertz CT molecular complexity index is 2050. The minimum Gasteiger partial charge on any atom is -0.504 e. The summed E-state index contributed by atoms with van der Waals surface area (Å²) in [5.41, 5.74) is 0.240. The third-order valence-corrected chi connectivity index (χ3v) is 7.11. The molecule has 0 saturated heterocycles. The van der Waals surface area contributed by atoms with Crippen molar-refractivity contribution in [2.24, 2.45) is 0 Å². The molecule has 19 heteroatoms. The SMILES string of the molecule is C[C@H](O)CC(=O)O[C@@H](C(=O)O)[C@@H](OC(=O)/C=C/c1ccc(O)c(O)c1)C(OC(=O)/C=C/c1ccc(O)c(O)c1)[C@H](OC(=O)/C=C/c1ccc(O)c(O)c1)C(=O)O. The highest BCUT2D eigenvalue weighted by molar-refractivity contribution is 5.91. The molecule has 56 heavy (non-hydrogen) atoms. The van der Waals surface area contributed by atoms with Gasteiger partial charge in [0.05, 0.1) is 12.5 Å². The van der Waals surface area contributed by atoms with Gasteiger partial charge in [0, 0.05) is 18.2 Å². The molecule has 9 N–H and O–H groups in total. The quantitative estimate of drug-likeness (QED) is 0.0409. The Morgan fingerprint density at radius 1 is 0.518 bits per heavy atom. The molecule has 3 aromatic rings. The highest BCUT2D eigenvalue weighted by atomic mass is 16.6. The number of hydrogen-bond acceptors (Lipinski definition) is 17. The van der Waals surface area contributed by atoms with Gasteiger partial charge in [-0.3, -0.25) is 4.79 Å². The second kappa shape index (κ2) is 19.5. The van der Waals surface area contributed by atoms with Crippen molar-refractivity contribution in [3.05, 3.63) is 89.5 Å². The van der Waals surface area contributed by atoms with Crippen LogP contribution in [0.4, 0.5) is 0 Å². The number of hydrogen-bond donors (Lipinski definition) is 9. The number of carbonyl (C=O) groups is 6. The number of phenols is 6. The van der Waals surface area contributed by atoms with Crippen LogP contribution in [0.2, 0.25) is 0 Å². The van der Waals surface area contributed by atoms with Gasteiger partial charge < -0.3 is 64.9 Å². The van der Waals surface area contributed by atoms with E-state index in [-0.39, 0.29) is 16.7 Å². The summed E-state index contributed by atoms with van der Waals surface area (Å²) in [5, 5.41) is 87.9. The number of carboxylic acid groups (broad SMARTS) is 2. The molecule has 0 saturated carbocycles. The van der Waals surface area contributed by atoms with Crippen LogP contribution in [-0.2, 0) is 47.7 Å². The molecule has 0 aromatic heterocycles. The lowest BCUT2D eigenvalue weighted by molar-refractivity contribution is -0.205. The Morgan fingerprint density at radius 3 is 1.14 bits per heavy atom. The zero-order valence-corrected chi connectivity index (χ0v) is 28.9. The fraction of sp³-hybridized carbons (Fsp3) is 0.189. The number of rotatable bonds is 17. The summed E-state index contributed by atoms with van der Waals surface area (Å²) in [6, 6.07) is 9.89. The van der Waals surface area contributed by atoms with Gasteiger partial charge in [0.25, 0.3) is 0 Å². The third-order valence-electron chi connectivity index (χ3n) is 7.11. The number of esters is 4. The maximum Gasteiger partial charge on any atom is 0.349 e. The Balaban J connectivity index is 2.13. The van der Waals surface area contributed by atoms with Gasteiger partial charge in [-0.1, -0.05) is 18.2 Å². The van der Waals surface area contributed by atoms with Gasteiger partial charge >= 0.3 is 35.8 Å². The van der Waals surface area contributed by atoms with E-state index in [0.29, 0.717) is 18.2 Å². The lowest BCUT2D eigenvalue weighted by Gasteiger charge is -2.32. The van der Waals surface area contributed by atoms with Crippen LogP contribution in [0.1, 0.15) is 30.0 Å². The van der Waals surface area contributed by atoms with Crippen molar-refractivity contribution in [1.82, 2.24) is 0 Å². The summed E-state index contributed by atoms with van der Waals surface area (Å²) in [7, 11) is 0. The predicted octanol–water partition coefficient (Wildman–Crippen LogP) is 1.95. The maximum absolute atomic E-state index is 13.2. The van der Waals surface area contributed by atoms with Crippen LogP contribution in [-0.4, -0.2) is 112 Å². The fourth-order valence-electron chi connectivity index (χ4n) is 4.49. The first kappa shape index (κ1) is 42.9. The number of benzene rings is 3. The number of aromatic hydroxyl groups is 6. The minimum absolute atomic E-state index is 0.0734. The largest absolute Gasteiger partial charge is 0.504 e. The summed E-state index contributed by atoms with van der Waals surface area (Å²) in [5.74, 6) is -13.4. The van der Waals surface area contributed by atoms with Gasteiger partial charge in [0.15, 0.2) is 46.7 Å². The van der Waals surface area contributed by atoms with Crippen molar-refractivity contribution in [2.45, 2.75) is 43.9 Å². The number of carboxylic acids is 2. The van der Waals surface area contributed by atoms with Gasteiger partial charge in [0.1, 0.15) is 0 Å². The van der Waals surface area contributed by atoms with Crippen LogP contribution < -0.4 is 0 Å². The number of carbonyl (C=O) groups excluding carboxylic acids is 4. The van der Waals surface area contributed by atoms with E-state index < -0.39 is 107 Å². The number of aliphatic hydroxyl groups is 1. The fourth-order valence-corrected chi connectivity index (χ4v) is 4.49. The molecule has 1 unspecified atom stereocenters. The summed E-state index contributed by atoms with van der Waals surface area (Å²) in [6.45, 7) is 1.14. The van der Waals surface area contributed by atoms with Crippen molar-refractivity contribution in [3.63, 3.8) is 0 Å². The highest BCUT2D eigenvalue weighted by Crippen LogP contribution is 2.28. The van der Waals surface area contributed by atoms with E-state index in [0.717, 1.165) is 61.5 Å². The number of aliphatic hydroxyl groups excluding tert-OH is 1. The van der Waals surface area contributed by atoms with Gasteiger partial charge in [0.2, 0.25) is 12.2 Å². The van der Waals surface area contributed by atoms with E-state index in [2.05, 4.69) is 0 Å². The van der Waals surface area contributed by atoms with Gasteiger partial charge in [-0.05, 0) is 78.2 Å². The Morgan fingerprint density at radius 2 is 0.839 bits per heavy atom. The molecule has 3 rings (SSSR count). The first-order valence-corrected chi connectivity index (χ1v) is 15.9. The minimum atomic E-state index is -2.75. The molecule has 0 spiro atoms. The molecule has 0 aliphatic carbocycles. The predicted molar refractivity (Wildman–Crippen MR) is 188 cm³/mol. The van der Waals surface area contributed by atoms with Gasteiger partial charge in [-0.25, -0.2) is 24.0 Å². The van der Waals surface area contributed by atoms with Crippen LogP contribution in [0, 0.1) is 0 Å². The second-order valence-electron chi connectivity index (χ2n) is 11.5. The zero-order valence-electron chi connectivity index (χ0n) is 28.9. The summed E-state index contributed by atoms with van der Waals surface area (Å²) >= 11 is 0. The molecule has 296 valence electrons. The van der Waals surface area contributed by atoms with Crippen LogP contribution >= 0.6 is 0 Å². The lowest BCUT2D eigenvalue weighted by Crippen LogP contribution is -2.56. The average molecular weight is 783 g/mol. The topological polar surface area (TPSA) is 321 Å². The van der Waals surface area contributed by atoms with E-state index in [4.69, 9.17) is 18.9 Å². The standard InChI is InChI=1S/C37H34O19/c1-18(38)14-31(48)56-35(37(51)52)33(54-29(46)12-6-20-3-9-23(40)26(43)16-20)32(53-28(45)11-5-19-2-8-22(39)25(42)15-19)34(36(49)50)55-30(47)13-7-21-4-10-24(41)27(44)17-21/h2-13,15-18,32-35,38-44H,14H2,1H3,(H,49,50)(H,51,52)/b11-5+,12-6+,13-7+/t18-,32?,33-,34-,35+/m0/s1. The van der Waals surface area contributed by atoms with E-state index in [1.165, 1.54) is 18.2 Å². The number of phenolic OH excluding ortho intramolecular Hbond substituents is 6. The van der Waals surface area contributed by atoms with E-state index >= 15 is 0 Å². The molecule has 0 bridgehead atoms.